The summed E-state index contributed by atoms with van der Waals surface area (Å²) in [5.74, 6) is -1.06. The van der Waals surface area contributed by atoms with E-state index in [2.05, 4.69) is 11.9 Å². The highest BCUT2D eigenvalue weighted by molar-refractivity contribution is 7.18. The van der Waals surface area contributed by atoms with Crippen molar-refractivity contribution in [2.45, 2.75) is 27.2 Å². The van der Waals surface area contributed by atoms with Gasteiger partial charge in [0.1, 0.15) is 15.6 Å². The molecule has 1 amide bonds. The fourth-order valence-corrected chi connectivity index (χ4v) is 3.82. The molecule has 1 aromatic heterocycles. The van der Waals surface area contributed by atoms with Crippen molar-refractivity contribution in [3.63, 3.8) is 0 Å². The van der Waals surface area contributed by atoms with Gasteiger partial charge >= 0.3 is 11.9 Å². The van der Waals surface area contributed by atoms with E-state index in [9.17, 15) is 14.4 Å². The van der Waals surface area contributed by atoms with Gasteiger partial charge in [-0.1, -0.05) is 24.3 Å². The van der Waals surface area contributed by atoms with E-state index in [4.69, 9.17) is 14.2 Å². The fraction of sp³-hybridized carbons (Fsp3) is 0.318. The van der Waals surface area contributed by atoms with Crippen LogP contribution in [-0.2, 0) is 20.7 Å². The Bertz CT molecular complexity index is 934. The van der Waals surface area contributed by atoms with Crippen molar-refractivity contribution in [3.05, 3.63) is 58.5 Å². The van der Waals surface area contributed by atoms with Gasteiger partial charge in [0.2, 0.25) is 0 Å². The molecule has 8 heteroatoms. The molecule has 0 bridgehead atoms. The maximum Gasteiger partial charge on any atom is 0.348 e. The van der Waals surface area contributed by atoms with E-state index < -0.39 is 17.8 Å². The van der Waals surface area contributed by atoms with Gasteiger partial charge in [-0.25, -0.2) is 9.59 Å². The lowest BCUT2D eigenvalue weighted by Gasteiger charge is -2.11. The summed E-state index contributed by atoms with van der Waals surface area (Å²) in [5, 5.41) is 2.88. The number of carbonyl (C=O) groups is 3. The van der Waals surface area contributed by atoms with Crippen molar-refractivity contribution >= 4 is 34.2 Å². The Morgan fingerprint density at radius 2 is 1.77 bits per heavy atom. The highest BCUT2D eigenvalue weighted by Crippen LogP contribution is 2.34. The van der Waals surface area contributed by atoms with Crippen LogP contribution in [0.5, 0.6) is 5.75 Å². The third-order valence-corrected chi connectivity index (χ3v) is 5.22. The number of amides is 1. The summed E-state index contributed by atoms with van der Waals surface area (Å²) < 4.78 is 15.7. The van der Waals surface area contributed by atoms with Gasteiger partial charge in [-0.05, 0) is 44.4 Å². The van der Waals surface area contributed by atoms with E-state index in [0.29, 0.717) is 17.7 Å². The van der Waals surface area contributed by atoms with Gasteiger partial charge in [-0.15, -0.1) is 17.9 Å². The molecule has 0 fully saturated rings. The molecule has 0 spiro atoms. The van der Waals surface area contributed by atoms with Crippen molar-refractivity contribution in [1.29, 1.82) is 0 Å². The van der Waals surface area contributed by atoms with Gasteiger partial charge in [0.25, 0.3) is 5.91 Å². The number of hydrogen-bond acceptors (Lipinski definition) is 7. The summed E-state index contributed by atoms with van der Waals surface area (Å²) in [6.45, 7) is 8.80. The van der Waals surface area contributed by atoms with Crippen LogP contribution in [0, 0.1) is 6.92 Å². The average Bonchev–Trinajstić information content (AvgIpc) is 3.04. The fourth-order valence-electron chi connectivity index (χ4n) is 2.72. The monoisotopic (exact) mass is 431 g/mol. The summed E-state index contributed by atoms with van der Waals surface area (Å²) in [5.41, 5.74) is 1.46. The lowest BCUT2D eigenvalue weighted by atomic mass is 10.1. The van der Waals surface area contributed by atoms with Gasteiger partial charge < -0.3 is 19.5 Å². The zero-order valence-electron chi connectivity index (χ0n) is 17.3. The van der Waals surface area contributed by atoms with Gasteiger partial charge in [-0.2, -0.15) is 0 Å². The second-order valence-corrected chi connectivity index (χ2v) is 7.16. The van der Waals surface area contributed by atoms with Crippen molar-refractivity contribution in [1.82, 2.24) is 0 Å². The number of hydrogen-bond donors (Lipinski definition) is 1. The van der Waals surface area contributed by atoms with Crippen molar-refractivity contribution in [2.24, 2.45) is 0 Å². The molecular weight excluding hydrogens is 406 g/mol. The number of benzene rings is 1. The van der Waals surface area contributed by atoms with Gasteiger partial charge in [0.15, 0.2) is 6.61 Å². The molecule has 2 rings (SSSR count). The number of thiophene rings is 1. The molecule has 160 valence electrons. The number of carbonyl (C=O) groups excluding carboxylic acids is 3. The Morgan fingerprint density at radius 1 is 1.10 bits per heavy atom. The minimum absolute atomic E-state index is 0.144. The summed E-state index contributed by atoms with van der Waals surface area (Å²) >= 11 is 0.974. The first-order valence-corrected chi connectivity index (χ1v) is 10.3. The van der Waals surface area contributed by atoms with Crippen molar-refractivity contribution in [2.75, 3.05) is 25.1 Å². The molecule has 0 aliphatic rings. The third kappa shape index (κ3) is 5.70. The van der Waals surface area contributed by atoms with E-state index in [0.717, 1.165) is 16.9 Å². The minimum Gasteiger partial charge on any atom is -0.483 e. The van der Waals surface area contributed by atoms with Gasteiger partial charge in [0.05, 0.1) is 18.8 Å². The Labute approximate surface area is 179 Å². The Balaban J connectivity index is 2.20. The smallest absolute Gasteiger partial charge is 0.348 e. The number of esters is 2. The molecule has 30 heavy (non-hydrogen) atoms. The van der Waals surface area contributed by atoms with Crippen LogP contribution in [0.25, 0.3) is 0 Å². The summed E-state index contributed by atoms with van der Waals surface area (Å²) in [7, 11) is 0. The quantitative estimate of drug-likeness (QED) is 0.449. The largest absolute Gasteiger partial charge is 0.483 e. The molecule has 0 aliphatic carbocycles. The second-order valence-electron chi connectivity index (χ2n) is 6.14. The Hall–Kier alpha value is -3.13. The predicted molar refractivity (Wildman–Crippen MR) is 115 cm³/mol. The van der Waals surface area contributed by atoms with Crippen LogP contribution in [0.15, 0.2) is 36.9 Å². The number of ether oxygens (including phenoxy) is 3. The van der Waals surface area contributed by atoms with Gasteiger partial charge in [0, 0.05) is 0 Å². The highest BCUT2D eigenvalue weighted by atomic mass is 32.1. The number of anilines is 1. The van der Waals surface area contributed by atoms with Gasteiger partial charge in [-0.3, -0.25) is 4.79 Å². The number of allylic oxidation sites excluding steroid dienone is 1. The zero-order chi connectivity index (χ0) is 22.1. The lowest BCUT2D eigenvalue weighted by Crippen LogP contribution is -2.21. The maximum absolute atomic E-state index is 12.5. The SMILES string of the molecule is C=CCc1ccccc1OCC(=O)Nc1sc(C(=O)OCC)c(C)c1C(=O)OCC. The normalized spacial score (nSPS) is 10.2. The molecule has 2 aromatic rings. The topological polar surface area (TPSA) is 90.9 Å². The molecule has 0 unspecified atom stereocenters. The third-order valence-electron chi connectivity index (χ3n) is 4.04. The van der Waals surface area contributed by atoms with Crippen molar-refractivity contribution in [3.8, 4) is 5.75 Å². The summed E-state index contributed by atoms with van der Waals surface area (Å²) in [4.78, 5) is 37.3. The average molecular weight is 432 g/mol. The maximum atomic E-state index is 12.5. The number of para-hydroxylation sites is 1. The molecule has 1 N–H and O–H groups in total. The molecule has 0 atom stereocenters. The highest BCUT2D eigenvalue weighted by Gasteiger charge is 2.27. The molecule has 1 heterocycles. The molecule has 0 saturated carbocycles. The number of nitrogens with one attached hydrogen (secondary N) is 1. The molecule has 0 saturated heterocycles. The van der Waals surface area contributed by atoms with Crippen LogP contribution in [0.2, 0.25) is 0 Å². The first-order chi connectivity index (χ1) is 14.4. The van der Waals surface area contributed by atoms with E-state index in [1.54, 1.807) is 32.9 Å². The zero-order valence-corrected chi connectivity index (χ0v) is 18.1. The molecular formula is C22H25NO6S. The molecule has 7 nitrogen and oxygen atoms in total. The van der Waals surface area contributed by atoms with Crippen LogP contribution in [0.3, 0.4) is 0 Å². The van der Waals surface area contributed by atoms with Crippen LogP contribution < -0.4 is 10.1 Å². The van der Waals surface area contributed by atoms with Crippen LogP contribution in [0.4, 0.5) is 5.00 Å². The molecule has 0 aliphatic heterocycles. The first-order valence-electron chi connectivity index (χ1n) is 9.51. The van der Waals surface area contributed by atoms with Crippen LogP contribution in [-0.4, -0.2) is 37.7 Å². The summed E-state index contributed by atoms with van der Waals surface area (Å²) in [6.07, 6.45) is 2.36. The Kier molecular flexibility index (Phi) is 8.61. The van der Waals surface area contributed by atoms with Crippen LogP contribution >= 0.6 is 11.3 Å². The predicted octanol–water partition coefficient (Wildman–Crippen LogP) is 4.16. The first kappa shape index (κ1) is 23.2. The number of rotatable bonds is 10. The second kappa shape index (κ2) is 11.2. The molecule has 1 aromatic carbocycles. The van der Waals surface area contributed by atoms with E-state index >= 15 is 0 Å². The molecule has 0 radical (unpaired) electrons. The van der Waals surface area contributed by atoms with Crippen LogP contribution in [0.1, 0.15) is 45.0 Å². The minimum atomic E-state index is -0.616. The van der Waals surface area contributed by atoms with E-state index in [1.807, 2.05) is 18.2 Å². The standard InChI is InChI=1S/C22H25NO6S/c1-5-10-15-11-8-9-12-16(15)29-13-17(24)23-20-18(21(25)27-6-2)14(4)19(30-20)22(26)28-7-3/h5,8-9,11-12H,1,6-7,10,13H2,2-4H3,(H,23,24). The van der Waals surface area contributed by atoms with E-state index in [-0.39, 0.29) is 35.3 Å². The van der Waals surface area contributed by atoms with Crippen molar-refractivity contribution < 1.29 is 28.6 Å². The van der Waals surface area contributed by atoms with E-state index in [1.165, 1.54) is 0 Å². The summed E-state index contributed by atoms with van der Waals surface area (Å²) in [6, 6.07) is 7.35. The lowest BCUT2D eigenvalue weighted by molar-refractivity contribution is -0.118. The Morgan fingerprint density at radius 3 is 2.43 bits per heavy atom.